The molecule has 4 rings (SSSR count). The number of alkyl halides is 1. The van der Waals surface area contributed by atoms with Gasteiger partial charge in [-0.3, -0.25) is 4.79 Å². The van der Waals surface area contributed by atoms with Crippen LogP contribution in [0.1, 0.15) is 24.2 Å². The highest BCUT2D eigenvalue weighted by atomic mass is 35.5. The van der Waals surface area contributed by atoms with Gasteiger partial charge < -0.3 is 19.9 Å². The highest BCUT2D eigenvalue weighted by Gasteiger charge is 2.32. The smallest absolute Gasteiger partial charge is 0.246 e. The lowest BCUT2D eigenvalue weighted by atomic mass is 10.1. The standard InChI is InChI=1S/C27H24Cl5N3O2/c1-17(27(36)33-24-5-3-2-4-22(24)30)34-12-13-35(16-34)26(32)25(18-6-9-20(28)10-7-18)37-15-19-8-11-21(29)14-23(19)31/h2-14,17,25-26H,15-16H2,1H3,(H,33,36). The molecule has 1 heterocycles. The molecule has 1 aliphatic heterocycles. The van der Waals surface area contributed by atoms with Crippen molar-refractivity contribution in [2.75, 3.05) is 12.0 Å². The molecule has 1 amide bonds. The minimum absolute atomic E-state index is 0.186. The van der Waals surface area contributed by atoms with E-state index in [-0.39, 0.29) is 12.5 Å². The second kappa shape index (κ2) is 12.6. The maximum Gasteiger partial charge on any atom is 0.246 e. The fourth-order valence-electron chi connectivity index (χ4n) is 3.80. The number of para-hydroxylation sites is 1. The molecular weight excluding hydrogens is 576 g/mol. The van der Waals surface area contributed by atoms with Crippen molar-refractivity contribution < 1.29 is 9.53 Å². The Balaban J connectivity index is 1.45. The number of hydrogen-bond donors (Lipinski definition) is 1. The molecule has 37 heavy (non-hydrogen) atoms. The van der Waals surface area contributed by atoms with Gasteiger partial charge in [0.05, 0.1) is 24.0 Å². The highest BCUT2D eigenvalue weighted by Crippen LogP contribution is 2.33. The minimum atomic E-state index is -0.590. The second-order valence-corrected chi connectivity index (χ2v) is 10.6. The van der Waals surface area contributed by atoms with Crippen LogP contribution in [0.25, 0.3) is 0 Å². The number of nitrogens with zero attached hydrogens (tertiary/aromatic N) is 2. The monoisotopic (exact) mass is 597 g/mol. The van der Waals surface area contributed by atoms with E-state index >= 15 is 0 Å². The van der Waals surface area contributed by atoms with Gasteiger partial charge in [-0.15, -0.1) is 0 Å². The number of halogens is 5. The lowest BCUT2D eigenvalue weighted by Crippen LogP contribution is -2.42. The van der Waals surface area contributed by atoms with Gasteiger partial charge in [0.2, 0.25) is 5.91 Å². The third-order valence-electron chi connectivity index (χ3n) is 5.98. The van der Waals surface area contributed by atoms with E-state index in [1.54, 1.807) is 36.4 Å². The number of carbonyl (C=O) groups excluding carboxylic acids is 1. The fourth-order valence-corrected chi connectivity index (χ4v) is 4.91. The molecule has 3 aromatic rings. The lowest BCUT2D eigenvalue weighted by Gasteiger charge is -2.33. The first-order chi connectivity index (χ1) is 17.7. The number of anilines is 1. The SMILES string of the molecule is CC(C(=O)Nc1ccccc1Cl)N1C=CN(C(Cl)C(OCc2ccc(Cl)cc2Cl)c2ccc(Cl)cc2)C1. The van der Waals surface area contributed by atoms with Crippen LogP contribution in [0.5, 0.6) is 0 Å². The zero-order valence-electron chi connectivity index (χ0n) is 19.8. The number of rotatable bonds is 9. The second-order valence-electron chi connectivity index (χ2n) is 8.50. The molecule has 10 heteroatoms. The first kappa shape index (κ1) is 27.9. The molecule has 0 spiro atoms. The molecule has 0 radical (unpaired) electrons. The lowest BCUT2D eigenvalue weighted by molar-refractivity contribution is -0.120. The van der Waals surface area contributed by atoms with Crippen molar-refractivity contribution in [2.24, 2.45) is 0 Å². The summed E-state index contributed by atoms with van der Waals surface area (Å²) >= 11 is 31.6. The first-order valence-electron chi connectivity index (χ1n) is 11.4. The molecule has 3 atom stereocenters. The topological polar surface area (TPSA) is 44.8 Å². The Kier molecular flexibility index (Phi) is 9.51. The third kappa shape index (κ3) is 7.05. The molecule has 3 aromatic carbocycles. The Labute approximate surface area is 241 Å². The molecule has 194 valence electrons. The van der Waals surface area contributed by atoms with Crippen LogP contribution in [0.4, 0.5) is 5.69 Å². The maximum atomic E-state index is 12.9. The number of amides is 1. The quantitative estimate of drug-likeness (QED) is 0.199. The zero-order chi connectivity index (χ0) is 26.5. The molecule has 1 aliphatic rings. The molecule has 0 saturated heterocycles. The Morgan fingerprint density at radius 2 is 1.59 bits per heavy atom. The number of ether oxygens (including phenoxy) is 1. The van der Waals surface area contributed by atoms with Crippen molar-refractivity contribution >= 4 is 69.6 Å². The van der Waals surface area contributed by atoms with Gasteiger partial charge in [-0.05, 0) is 54.4 Å². The molecular formula is C27H24Cl5N3O2. The van der Waals surface area contributed by atoms with Crippen LogP contribution in [0, 0.1) is 0 Å². The van der Waals surface area contributed by atoms with E-state index in [1.165, 1.54) is 0 Å². The van der Waals surface area contributed by atoms with E-state index in [0.29, 0.717) is 32.4 Å². The predicted octanol–water partition coefficient (Wildman–Crippen LogP) is 8.20. The summed E-state index contributed by atoms with van der Waals surface area (Å²) in [5.41, 5.74) is 1.61. The van der Waals surface area contributed by atoms with Gasteiger partial charge in [-0.1, -0.05) is 88.3 Å². The number of hydrogen-bond acceptors (Lipinski definition) is 4. The van der Waals surface area contributed by atoms with Crippen LogP contribution in [-0.4, -0.2) is 33.9 Å². The summed E-state index contributed by atoms with van der Waals surface area (Å²) in [7, 11) is 0. The van der Waals surface area contributed by atoms with Crippen LogP contribution < -0.4 is 5.32 Å². The van der Waals surface area contributed by atoms with Gasteiger partial charge in [0, 0.05) is 27.5 Å². The van der Waals surface area contributed by atoms with Gasteiger partial charge in [0.25, 0.3) is 0 Å². The Morgan fingerprint density at radius 1 is 0.919 bits per heavy atom. The van der Waals surface area contributed by atoms with Crippen molar-refractivity contribution in [2.45, 2.75) is 31.2 Å². The molecule has 3 unspecified atom stereocenters. The summed E-state index contributed by atoms with van der Waals surface area (Å²) in [5.74, 6) is -0.186. The third-order valence-corrected chi connectivity index (χ3v) is 7.63. The summed E-state index contributed by atoms with van der Waals surface area (Å²) in [6.45, 7) is 2.43. The van der Waals surface area contributed by atoms with Crippen LogP contribution in [0.15, 0.2) is 79.1 Å². The van der Waals surface area contributed by atoms with Gasteiger partial charge in [-0.2, -0.15) is 0 Å². The Hall–Kier alpha value is -2.12. The van der Waals surface area contributed by atoms with E-state index in [4.69, 9.17) is 62.7 Å². The molecule has 0 aromatic heterocycles. The van der Waals surface area contributed by atoms with Gasteiger partial charge >= 0.3 is 0 Å². The van der Waals surface area contributed by atoms with Crippen LogP contribution in [0.2, 0.25) is 20.1 Å². The van der Waals surface area contributed by atoms with E-state index < -0.39 is 17.6 Å². The summed E-state index contributed by atoms with van der Waals surface area (Å²) in [5, 5.41) is 5.03. The van der Waals surface area contributed by atoms with Crippen molar-refractivity contribution in [1.82, 2.24) is 9.80 Å². The van der Waals surface area contributed by atoms with Crippen LogP contribution in [0.3, 0.4) is 0 Å². The summed E-state index contributed by atoms with van der Waals surface area (Å²) in [6.07, 6.45) is 3.15. The van der Waals surface area contributed by atoms with Gasteiger partial charge in [0.15, 0.2) is 0 Å². The predicted molar refractivity (Wildman–Crippen MR) is 152 cm³/mol. The molecule has 0 saturated carbocycles. The van der Waals surface area contributed by atoms with E-state index in [2.05, 4.69) is 5.32 Å². The number of benzene rings is 3. The zero-order valence-corrected chi connectivity index (χ0v) is 23.5. The molecule has 5 nitrogen and oxygen atoms in total. The summed E-state index contributed by atoms with van der Waals surface area (Å²) in [6, 6.07) is 19.2. The van der Waals surface area contributed by atoms with E-state index in [9.17, 15) is 4.79 Å². The van der Waals surface area contributed by atoms with Crippen molar-refractivity contribution in [3.8, 4) is 0 Å². The molecule has 1 N–H and O–H groups in total. The minimum Gasteiger partial charge on any atom is -0.365 e. The molecule has 0 aliphatic carbocycles. The van der Waals surface area contributed by atoms with E-state index in [1.807, 2.05) is 59.5 Å². The summed E-state index contributed by atoms with van der Waals surface area (Å²) < 4.78 is 6.29. The van der Waals surface area contributed by atoms with Gasteiger partial charge in [-0.25, -0.2) is 0 Å². The van der Waals surface area contributed by atoms with E-state index in [0.717, 1.165) is 11.1 Å². The summed E-state index contributed by atoms with van der Waals surface area (Å²) in [4.78, 5) is 16.7. The van der Waals surface area contributed by atoms with Crippen LogP contribution >= 0.6 is 58.0 Å². The average molecular weight is 600 g/mol. The molecule has 0 fully saturated rings. The number of nitrogens with one attached hydrogen (secondary N) is 1. The number of carbonyl (C=O) groups is 1. The Bertz CT molecular complexity index is 1270. The van der Waals surface area contributed by atoms with Crippen molar-refractivity contribution in [1.29, 1.82) is 0 Å². The maximum absolute atomic E-state index is 12.9. The van der Waals surface area contributed by atoms with Crippen LogP contribution in [-0.2, 0) is 16.1 Å². The average Bonchev–Trinajstić information content (AvgIpc) is 3.37. The fraction of sp³-hybridized carbons (Fsp3) is 0.222. The highest BCUT2D eigenvalue weighted by molar-refractivity contribution is 6.35. The van der Waals surface area contributed by atoms with Gasteiger partial charge in [0.1, 0.15) is 17.6 Å². The first-order valence-corrected chi connectivity index (χ1v) is 13.4. The van der Waals surface area contributed by atoms with Crippen molar-refractivity contribution in [3.05, 3.63) is 110 Å². The van der Waals surface area contributed by atoms with Crippen molar-refractivity contribution in [3.63, 3.8) is 0 Å². The molecule has 0 bridgehead atoms. The Morgan fingerprint density at radius 3 is 2.30 bits per heavy atom. The largest absolute Gasteiger partial charge is 0.365 e. The normalized spacial score (nSPS) is 15.5.